The molecule has 0 saturated heterocycles. The third kappa shape index (κ3) is 5.04. The fraction of sp³-hybridized carbons (Fsp3) is 0.263. The topological polar surface area (TPSA) is 101 Å². The van der Waals surface area contributed by atoms with E-state index in [1.165, 1.54) is 37.3 Å². The Morgan fingerprint density at radius 3 is 2.50 bits per heavy atom. The lowest BCUT2D eigenvalue weighted by atomic mass is 9.93. The summed E-state index contributed by atoms with van der Waals surface area (Å²) < 4.78 is 13.2. The molecule has 148 valence electrons. The van der Waals surface area contributed by atoms with Crippen molar-refractivity contribution in [2.45, 2.75) is 32.4 Å². The Bertz CT molecular complexity index is 933. The number of nitro benzene ring substituents is 1. The van der Waals surface area contributed by atoms with Crippen molar-refractivity contribution in [2.75, 3.05) is 0 Å². The summed E-state index contributed by atoms with van der Waals surface area (Å²) in [6.07, 6.45) is 0. The van der Waals surface area contributed by atoms with Crippen molar-refractivity contribution in [1.82, 2.24) is 10.6 Å². The van der Waals surface area contributed by atoms with E-state index in [9.17, 15) is 24.1 Å². The Morgan fingerprint density at radius 2 is 1.89 bits per heavy atom. The second kappa shape index (κ2) is 8.35. The largest absolute Gasteiger partial charge is 0.345 e. The predicted molar refractivity (Wildman–Crippen MR) is 103 cm³/mol. The highest BCUT2D eigenvalue weighted by Crippen LogP contribution is 2.28. The number of carbonyl (C=O) groups excluding carboxylic acids is 2. The number of amides is 2. The molecule has 2 amide bonds. The molecular formula is C19H19ClFN3O4. The van der Waals surface area contributed by atoms with Gasteiger partial charge in [-0.2, -0.15) is 0 Å². The molecule has 0 aliphatic carbocycles. The molecule has 2 aromatic rings. The highest BCUT2D eigenvalue weighted by atomic mass is 35.5. The van der Waals surface area contributed by atoms with Crippen LogP contribution < -0.4 is 10.6 Å². The van der Waals surface area contributed by atoms with Gasteiger partial charge < -0.3 is 10.6 Å². The Balaban J connectivity index is 2.08. The van der Waals surface area contributed by atoms with E-state index in [4.69, 9.17) is 11.6 Å². The van der Waals surface area contributed by atoms with Gasteiger partial charge in [0.2, 0.25) is 5.91 Å². The fourth-order valence-electron chi connectivity index (χ4n) is 2.59. The molecular weight excluding hydrogens is 389 g/mol. The maximum Gasteiger partial charge on any atom is 0.270 e. The van der Waals surface area contributed by atoms with Gasteiger partial charge in [-0.15, -0.1) is 0 Å². The van der Waals surface area contributed by atoms with Gasteiger partial charge in [0.1, 0.15) is 11.9 Å². The molecule has 1 unspecified atom stereocenters. The van der Waals surface area contributed by atoms with Crippen molar-refractivity contribution in [2.24, 2.45) is 0 Å². The number of nitrogens with one attached hydrogen (secondary N) is 2. The minimum atomic E-state index is -0.926. The number of rotatable bonds is 6. The van der Waals surface area contributed by atoms with Gasteiger partial charge in [0.15, 0.2) is 0 Å². The summed E-state index contributed by atoms with van der Waals surface area (Å²) in [5.74, 6) is -1.61. The van der Waals surface area contributed by atoms with E-state index in [0.717, 1.165) is 12.1 Å². The van der Waals surface area contributed by atoms with E-state index in [1.807, 2.05) is 0 Å². The maximum absolute atomic E-state index is 13.2. The number of non-ortho nitro benzene ring substituents is 1. The quantitative estimate of drug-likeness (QED) is 0.564. The van der Waals surface area contributed by atoms with E-state index >= 15 is 0 Å². The van der Waals surface area contributed by atoms with Crippen molar-refractivity contribution in [3.63, 3.8) is 0 Å². The lowest BCUT2D eigenvalue weighted by Crippen LogP contribution is -2.50. The van der Waals surface area contributed by atoms with Gasteiger partial charge in [-0.1, -0.05) is 23.7 Å². The molecule has 1 atom stereocenters. The summed E-state index contributed by atoms with van der Waals surface area (Å²) in [4.78, 5) is 35.0. The molecule has 7 nitrogen and oxygen atoms in total. The second-order valence-electron chi connectivity index (χ2n) is 6.74. The normalized spacial score (nSPS) is 12.2. The van der Waals surface area contributed by atoms with E-state index in [-0.39, 0.29) is 16.3 Å². The van der Waals surface area contributed by atoms with Crippen molar-refractivity contribution in [1.29, 1.82) is 0 Å². The van der Waals surface area contributed by atoms with Crippen LogP contribution in [0.5, 0.6) is 0 Å². The molecule has 0 bridgehead atoms. The average Bonchev–Trinajstić information content (AvgIpc) is 2.60. The van der Waals surface area contributed by atoms with E-state index < -0.39 is 34.1 Å². The molecule has 28 heavy (non-hydrogen) atoms. The molecule has 2 rings (SSSR count). The van der Waals surface area contributed by atoms with E-state index in [1.54, 1.807) is 13.8 Å². The van der Waals surface area contributed by atoms with Gasteiger partial charge in [0.05, 0.1) is 10.5 Å². The Morgan fingerprint density at radius 1 is 1.21 bits per heavy atom. The van der Waals surface area contributed by atoms with Crippen LogP contribution in [0.2, 0.25) is 5.02 Å². The summed E-state index contributed by atoms with van der Waals surface area (Å²) in [5, 5.41) is 16.2. The van der Waals surface area contributed by atoms with Gasteiger partial charge in [-0.3, -0.25) is 19.7 Å². The van der Waals surface area contributed by atoms with Crippen LogP contribution in [0.3, 0.4) is 0 Å². The van der Waals surface area contributed by atoms with Crippen molar-refractivity contribution in [3.05, 3.63) is 74.5 Å². The van der Waals surface area contributed by atoms with Gasteiger partial charge in [-0.25, -0.2) is 4.39 Å². The van der Waals surface area contributed by atoms with Crippen molar-refractivity contribution in [3.8, 4) is 0 Å². The number of hydrogen-bond acceptors (Lipinski definition) is 4. The summed E-state index contributed by atoms with van der Waals surface area (Å²) in [5.41, 5.74) is -0.570. The zero-order valence-corrected chi connectivity index (χ0v) is 16.2. The number of carbonyl (C=O) groups is 2. The zero-order chi connectivity index (χ0) is 21.1. The summed E-state index contributed by atoms with van der Waals surface area (Å²) in [6.45, 7) is 4.87. The molecule has 0 radical (unpaired) electrons. The highest BCUT2D eigenvalue weighted by molar-refractivity contribution is 6.31. The van der Waals surface area contributed by atoms with Crippen LogP contribution in [-0.2, 0) is 10.3 Å². The summed E-state index contributed by atoms with van der Waals surface area (Å²) in [6, 6.07) is 8.13. The molecule has 2 N–H and O–H groups in total. The number of nitro groups is 1. The molecule has 0 aromatic heterocycles. The molecule has 0 heterocycles. The molecule has 9 heteroatoms. The molecule has 0 fully saturated rings. The van der Waals surface area contributed by atoms with E-state index in [2.05, 4.69) is 10.6 Å². The van der Waals surface area contributed by atoms with Gasteiger partial charge in [0, 0.05) is 22.7 Å². The zero-order valence-electron chi connectivity index (χ0n) is 15.5. The van der Waals surface area contributed by atoms with Gasteiger partial charge >= 0.3 is 0 Å². The fourth-order valence-corrected chi connectivity index (χ4v) is 2.99. The average molecular weight is 408 g/mol. The van der Waals surface area contributed by atoms with Crippen molar-refractivity contribution >= 4 is 29.1 Å². The maximum atomic E-state index is 13.2. The third-order valence-electron chi connectivity index (χ3n) is 4.10. The molecule has 0 aliphatic heterocycles. The second-order valence-corrected chi connectivity index (χ2v) is 7.15. The number of hydrogen-bond donors (Lipinski definition) is 2. The van der Waals surface area contributed by atoms with Crippen LogP contribution in [0.25, 0.3) is 0 Å². The van der Waals surface area contributed by atoms with Crippen LogP contribution in [-0.4, -0.2) is 22.8 Å². The lowest BCUT2D eigenvalue weighted by Gasteiger charge is -2.29. The smallest absolute Gasteiger partial charge is 0.270 e. The first-order valence-electron chi connectivity index (χ1n) is 8.34. The SMILES string of the molecule is CC(NC(=O)c1cccc([N+](=O)[O-])c1)C(=O)NC(C)(C)c1ccc(F)cc1Cl. The Labute approximate surface area is 166 Å². The minimum absolute atomic E-state index is 0.0645. The predicted octanol–water partition coefficient (Wildman–Crippen LogP) is 3.56. The first-order chi connectivity index (χ1) is 13.0. The third-order valence-corrected chi connectivity index (χ3v) is 4.41. The number of halogens is 2. The van der Waals surface area contributed by atoms with Crippen LogP contribution in [0.4, 0.5) is 10.1 Å². The lowest BCUT2D eigenvalue weighted by molar-refractivity contribution is -0.384. The molecule has 0 spiro atoms. The first kappa shape index (κ1) is 21.3. The molecule has 0 saturated carbocycles. The minimum Gasteiger partial charge on any atom is -0.345 e. The Hall–Kier alpha value is -3.00. The van der Waals surface area contributed by atoms with Crippen LogP contribution in [0.15, 0.2) is 42.5 Å². The number of benzene rings is 2. The highest BCUT2D eigenvalue weighted by Gasteiger charge is 2.28. The summed E-state index contributed by atoms with van der Waals surface area (Å²) in [7, 11) is 0. The van der Waals surface area contributed by atoms with Crippen LogP contribution in [0, 0.1) is 15.9 Å². The van der Waals surface area contributed by atoms with Crippen LogP contribution >= 0.6 is 11.6 Å². The van der Waals surface area contributed by atoms with E-state index in [0.29, 0.717) is 5.56 Å². The van der Waals surface area contributed by atoms with Crippen molar-refractivity contribution < 1.29 is 18.9 Å². The van der Waals surface area contributed by atoms with Crippen LogP contribution in [0.1, 0.15) is 36.7 Å². The van der Waals surface area contributed by atoms with Gasteiger partial charge in [0.25, 0.3) is 11.6 Å². The standard InChI is InChI=1S/C19H19ClFN3O4/c1-11(22-18(26)12-5-4-6-14(9-12)24(27)28)17(25)23-19(2,3)15-8-7-13(21)10-16(15)20/h4-11H,1-3H3,(H,22,26)(H,23,25). The molecule has 0 aliphatic rings. The summed E-state index contributed by atoms with van der Waals surface area (Å²) >= 11 is 6.07. The van der Waals surface area contributed by atoms with Gasteiger partial charge in [-0.05, 0) is 44.5 Å². The Kier molecular flexibility index (Phi) is 6.35. The monoisotopic (exact) mass is 407 g/mol. The molecule has 2 aromatic carbocycles. The number of nitrogens with zero attached hydrogens (tertiary/aromatic N) is 1. The first-order valence-corrected chi connectivity index (χ1v) is 8.72.